The van der Waals surface area contributed by atoms with Gasteiger partial charge in [-0.25, -0.2) is 0 Å². The van der Waals surface area contributed by atoms with E-state index in [1.165, 1.54) is 7.11 Å². The number of aryl methyl sites for hydroxylation is 2. The van der Waals surface area contributed by atoms with Gasteiger partial charge in [-0.3, -0.25) is 0 Å². The highest BCUT2D eigenvalue weighted by molar-refractivity contribution is 5.54. The number of hydrogen-bond donors (Lipinski definition) is 8. The second-order valence-corrected chi connectivity index (χ2v) is 10.1. The van der Waals surface area contributed by atoms with Crippen molar-refractivity contribution in [3.63, 3.8) is 0 Å². The zero-order valence-electron chi connectivity index (χ0n) is 23.1. The molecular weight excluding hydrogens is 560 g/mol. The molecule has 2 aliphatic heterocycles. The van der Waals surface area contributed by atoms with E-state index in [9.17, 15) is 40.9 Å². The molecule has 2 aromatic rings. The van der Waals surface area contributed by atoms with Crippen LogP contribution in [0.5, 0.6) is 23.0 Å². The molecule has 2 fully saturated rings. The normalized spacial score (nSPS) is 33.2. The van der Waals surface area contributed by atoms with Gasteiger partial charge in [0.15, 0.2) is 11.5 Å². The van der Waals surface area contributed by atoms with Crippen LogP contribution in [0.15, 0.2) is 36.4 Å². The maximum absolute atomic E-state index is 10.6. The third-order valence-corrected chi connectivity index (χ3v) is 7.34. The van der Waals surface area contributed by atoms with Crippen LogP contribution in [-0.2, 0) is 22.3 Å². The first-order valence-corrected chi connectivity index (χ1v) is 13.4. The Hall–Kier alpha value is -2.76. The van der Waals surface area contributed by atoms with Gasteiger partial charge in [-0.15, -0.1) is 0 Å². The summed E-state index contributed by atoms with van der Waals surface area (Å²) in [5, 5.41) is 81.1. The minimum atomic E-state index is -1.75. The van der Waals surface area contributed by atoms with Crippen molar-refractivity contribution in [1.29, 1.82) is 0 Å². The molecule has 234 valence electrons. The van der Waals surface area contributed by atoms with Crippen LogP contribution in [-0.4, -0.2) is 130 Å². The third kappa shape index (κ3) is 6.89. The van der Waals surface area contributed by atoms with E-state index < -0.39 is 74.6 Å². The molecule has 0 aromatic heterocycles. The molecule has 0 spiro atoms. The molecule has 2 heterocycles. The predicted octanol–water partition coefficient (Wildman–Crippen LogP) is -2.15. The molecule has 0 radical (unpaired) electrons. The molecule has 8 N–H and O–H groups in total. The average Bonchev–Trinajstić information content (AvgIpc) is 3.01. The number of hydrogen-bond acceptors (Lipinski definition) is 14. The third-order valence-electron chi connectivity index (χ3n) is 7.34. The lowest BCUT2D eigenvalue weighted by molar-refractivity contribution is -0.282. The Balaban J connectivity index is 1.67. The zero-order chi connectivity index (χ0) is 30.6. The zero-order valence-corrected chi connectivity index (χ0v) is 23.1. The summed E-state index contributed by atoms with van der Waals surface area (Å²) in [4.78, 5) is 0. The Morgan fingerprint density at radius 3 is 1.60 bits per heavy atom. The molecule has 14 nitrogen and oxygen atoms in total. The molecule has 0 aliphatic carbocycles. The summed E-state index contributed by atoms with van der Waals surface area (Å²) >= 11 is 0. The van der Waals surface area contributed by atoms with Gasteiger partial charge < -0.3 is 69.3 Å². The van der Waals surface area contributed by atoms with Crippen LogP contribution in [0.25, 0.3) is 0 Å². The van der Waals surface area contributed by atoms with Crippen LogP contribution < -0.4 is 18.9 Å². The lowest BCUT2D eigenvalue weighted by Gasteiger charge is -2.41. The number of aliphatic hydroxyl groups excluding tert-OH is 8. The fourth-order valence-electron chi connectivity index (χ4n) is 4.78. The van der Waals surface area contributed by atoms with Crippen molar-refractivity contribution in [2.75, 3.05) is 27.4 Å². The fourth-order valence-corrected chi connectivity index (χ4v) is 4.78. The van der Waals surface area contributed by atoms with Gasteiger partial charge in [0.25, 0.3) is 0 Å². The van der Waals surface area contributed by atoms with Crippen LogP contribution in [0.1, 0.15) is 11.1 Å². The number of methoxy groups -OCH3 is 2. The van der Waals surface area contributed by atoms with Crippen molar-refractivity contribution in [3.8, 4) is 23.0 Å². The topological polar surface area (TPSA) is 217 Å². The molecule has 0 amide bonds. The Bertz CT molecular complexity index is 1140. The van der Waals surface area contributed by atoms with E-state index in [0.717, 1.165) is 5.56 Å². The smallest absolute Gasteiger partial charge is 0.229 e. The van der Waals surface area contributed by atoms with Crippen molar-refractivity contribution in [2.24, 2.45) is 0 Å². The van der Waals surface area contributed by atoms with Crippen LogP contribution in [0, 0.1) is 0 Å². The van der Waals surface area contributed by atoms with Gasteiger partial charge in [-0.05, 0) is 48.2 Å². The number of rotatable bonds is 11. The number of aliphatic hydroxyl groups is 8. The lowest BCUT2D eigenvalue weighted by atomic mass is 9.99. The standard InChI is InChI=1S/C28H38O14/c1-37-15-7-5-13(6-8-15)3-4-14-9-16(38-2)26(42-28-25(36)23(34)21(32)19(12-30)41-28)17(10-14)39-27-24(35)22(33)20(31)18(11-29)40-27/h5-10,18-25,27-36H,3-4,11-12H2,1-2H3. The van der Waals surface area contributed by atoms with Crippen molar-refractivity contribution < 1.29 is 69.3 Å². The van der Waals surface area contributed by atoms with Crippen LogP contribution in [0.3, 0.4) is 0 Å². The molecular formula is C28H38O14. The lowest BCUT2D eigenvalue weighted by Crippen LogP contribution is -2.60. The molecule has 2 saturated heterocycles. The van der Waals surface area contributed by atoms with Gasteiger partial charge in [-0.1, -0.05) is 12.1 Å². The Morgan fingerprint density at radius 1 is 0.595 bits per heavy atom. The molecule has 10 atom stereocenters. The van der Waals surface area contributed by atoms with Crippen molar-refractivity contribution in [1.82, 2.24) is 0 Å². The van der Waals surface area contributed by atoms with E-state index in [4.69, 9.17) is 28.4 Å². The maximum Gasteiger partial charge on any atom is 0.229 e. The summed E-state index contributed by atoms with van der Waals surface area (Å²) in [6.07, 6.45) is -14.7. The van der Waals surface area contributed by atoms with Gasteiger partial charge in [0.05, 0.1) is 27.4 Å². The first-order chi connectivity index (χ1) is 20.1. The van der Waals surface area contributed by atoms with Crippen molar-refractivity contribution >= 4 is 0 Å². The van der Waals surface area contributed by atoms with Gasteiger partial charge >= 0.3 is 0 Å². The van der Waals surface area contributed by atoms with Gasteiger partial charge in [0.2, 0.25) is 18.3 Å². The summed E-state index contributed by atoms with van der Waals surface area (Å²) in [6.45, 7) is -1.36. The summed E-state index contributed by atoms with van der Waals surface area (Å²) in [6, 6.07) is 10.7. The van der Waals surface area contributed by atoms with E-state index in [0.29, 0.717) is 24.2 Å². The summed E-state index contributed by atoms with van der Waals surface area (Å²) in [5.74, 6) is 0.552. The average molecular weight is 599 g/mol. The molecule has 2 aliphatic rings. The minimum Gasteiger partial charge on any atom is -0.497 e. The van der Waals surface area contributed by atoms with Gasteiger partial charge in [0.1, 0.15) is 54.6 Å². The van der Waals surface area contributed by atoms with Crippen LogP contribution in [0.4, 0.5) is 0 Å². The van der Waals surface area contributed by atoms with Gasteiger partial charge in [-0.2, -0.15) is 0 Å². The SMILES string of the molecule is COc1ccc(CCc2cc(OC)c(OC3OC(CO)C(O)C(O)C3O)c(OC3OC(CO)C(O)C(O)C3O)c2)cc1. The summed E-state index contributed by atoms with van der Waals surface area (Å²) in [7, 11) is 2.92. The Kier molecular flexibility index (Phi) is 10.8. The number of benzene rings is 2. The second-order valence-electron chi connectivity index (χ2n) is 10.1. The predicted molar refractivity (Wildman–Crippen MR) is 142 cm³/mol. The highest BCUT2D eigenvalue weighted by Gasteiger charge is 2.47. The van der Waals surface area contributed by atoms with Crippen molar-refractivity contribution in [2.45, 2.75) is 74.3 Å². The highest BCUT2D eigenvalue weighted by Crippen LogP contribution is 2.42. The molecule has 0 saturated carbocycles. The molecule has 4 rings (SSSR count). The van der Waals surface area contributed by atoms with E-state index in [1.807, 2.05) is 24.3 Å². The minimum absolute atomic E-state index is 0.0961. The highest BCUT2D eigenvalue weighted by atomic mass is 16.7. The first-order valence-electron chi connectivity index (χ1n) is 13.4. The van der Waals surface area contributed by atoms with Crippen LogP contribution >= 0.6 is 0 Å². The molecule has 42 heavy (non-hydrogen) atoms. The van der Waals surface area contributed by atoms with Crippen LogP contribution in [0.2, 0.25) is 0 Å². The second kappa shape index (κ2) is 14.1. The summed E-state index contributed by atoms with van der Waals surface area (Å²) < 4.78 is 33.5. The van der Waals surface area contributed by atoms with E-state index in [1.54, 1.807) is 19.2 Å². The Labute approximate surface area is 241 Å². The summed E-state index contributed by atoms with van der Waals surface area (Å²) in [5.41, 5.74) is 1.69. The first kappa shape index (κ1) is 32.2. The monoisotopic (exact) mass is 598 g/mol. The largest absolute Gasteiger partial charge is 0.497 e. The fraction of sp³-hybridized carbons (Fsp3) is 0.571. The quantitative estimate of drug-likeness (QED) is 0.138. The van der Waals surface area contributed by atoms with Gasteiger partial charge in [0, 0.05) is 0 Å². The van der Waals surface area contributed by atoms with E-state index >= 15 is 0 Å². The molecule has 14 heteroatoms. The maximum atomic E-state index is 10.6. The number of ether oxygens (including phenoxy) is 6. The van der Waals surface area contributed by atoms with E-state index in [2.05, 4.69) is 0 Å². The molecule has 2 aromatic carbocycles. The van der Waals surface area contributed by atoms with E-state index in [-0.39, 0.29) is 17.2 Å². The Morgan fingerprint density at radius 2 is 1.10 bits per heavy atom. The molecule has 10 unspecified atom stereocenters. The molecule has 0 bridgehead atoms. The van der Waals surface area contributed by atoms with Crippen molar-refractivity contribution in [3.05, 3.63) is 47.5 Å².